The van der Waals surface area contributed by atoms with E-state index < -0.39 is 12.0 Å². The molecule has 0 heterocycles. The van der Waals surface area contributed by atoms with Gasteiger partial charge >= 0.3 is 0 Å². The van der Waals surface area contributed by atoms with Crippen molar-refractivity contribution in [1.29, 1.82) is 0 Å². The number of nitrogens with zero attached hydrogens (tertiary/aromatic N) is 5. The van der Waals surface area contributed by atoms with Gasteiger partial charge in [-0.3, -0.25) is 9.59 Å². The van der Waals surface area contributed by atoms with Gasteiger partial charge < -0.3 is 15.8 Å². The summed E-state index contributed by atoms with van der Waals surface area (Å²) in [4.78, 5) is 27.1. The lowest BCUT2D eigenvalue weighted by Gasteiger charge is -2.14. The first-order chi connectivity index (χ1) is 14.7. The first kappa shape index (κ1) is 25.7. The summed E-state index contributed by atoms with van der Waals surface area (Å²) < 4.78 is 5.66. The van der Waals surface area contributed by atoms with Crippen LogP contribution in [0.2, 0.25) is 0 Å². The van der Waals surface area contributed by atoms with Crippen molar-refractivity contribution in [3.05, 3.63) is 76.2 Å². The number of nitrogens with two attached hydrogens (primary N) is 1. The zero-order chi connectivity index (χ0) is 21.6. The molecule has 31 heavy (non-hydrogen) atoms. The lowest BCUT2D eigenvalue weighted by molar-refractivity contribution is -0.130. The normalized spacial score (nSPS) is 11.3. The van der Waals surface area contributed by atoms with Crippen molar-refractivity contribution in [3.8, 4) is 0 Å². The van der Waals surface area contributed by atoms with E-state index in [1.54, 1.807) is 48.5 Å². The lowest BCUT2D eigenvalue weighted by atomic mass is 10.1. The first-order valence-corrected chi connectivity index (χ1v) is 9.37. The number of rotatable bonds is 11. The molecule has 0 bridgehead atoms. The minimum absolute atomic E-state index is 0. The van der Waals surface area contributed by atoms with Crippen LogP contribution in [0.25, 0.3) is 10.4 Å². The Kier molecular flexibility index (Phi) is 12.2. The Morgan fingerprint density at radius 1 is 1.13 bits per heavy atom. The highest BCUT2D eigenvalue weighted by molar-refractivity contribution is 5.94. The molecule has 11 heteroatoms. The smallest absolute Gasteiger partial charge is 0.297 e. The van der Waals surface area contributed by atoms with Crippen molar-refractivity contribution in [3.63, 3.8) is 0 Å². The van der Waals surface area contributed by atoms with Gasteiger partial charge in [0.25, 0.3) is 11.8 Å². The number of hydrogen-bond donors (Lipinski definition) is 2. The molecule has 0 saturated heterocycles. The molecule has 2 aromatic rings. The summed E-state index contributed by atoms with van der Waals surface area (Å²) in [7, 11) is 0. The maximum Gasteiger partial charge on any atom is 0.297 e. The summed E-state index contributed by atoms with van der Waals surface area (Å²) >= 11 is 0. The molecule has 0 aliphatic heterocycles. The third-order valence-corrected chi connectivity index (χ3v) is 3.90. The molecule has 164 valence electrons. The largest absolute Gasteiger partial charge is 0.363 e. The Morgan fingerprint density at radius 3 is 2.48 bits per heavy atom. The highest BCUT2D eigenvalue weighted by Crippen LogP contribution is 2.21. The van der Waals surface area contributed by atoms with Crippen LogP contribution < -0.4 is 11.1 Å². The molecular weight excluding hydrogens is 422 g/mol. The zero-order valence-corrected chi connectivity index (χ0v) is 17.6. The fourth-order valence-electron chi connectivity index (χ4n) is 2.45. The SMILES string of the molecule is Cl.[N-]=[N+]=NCCCOC(C(=O)N=Nc1ccc(C(=O)NCCN)cc1)c1ccccc1. The molecule has 0 radical (unpaired) electrons. The van der Waals surface area contributed by atoms with Gasteiger partial charge in [-0.25, -0.2) is 0 Å². The van der Waals surface area contributed by atoms with E-state index in [2.05, 4.69) is 25.6 Å². The number of carbonyl (C=O) groups is 2. The van der Waals surface area contributed by atoms with Gasteiger partial charge in [-0.15, -0.1) is 22.6 Å². The monoisotopic (exact) mass is 445 g/mol. The van der Waals surface area contributed by atoms with Crippen LogP contribution in [0.15, 0.2) is 69.9 Å². The van der Waals surface area contributed by atoms with E-state index >= 15 is 0 Å². The van der Waals surface area contributed by atoms with Crippen molar-refractivity contribution >= 4 is 29.9 Å². The van der Waals surface area contributed by atoms with Gasteiger partial charge in [-0.1, -0.05) is 35.4 Å². The van der Waals surface area contributed by atoms with E-state index in [9.17, 15) is 9.59 Å². The number of carbonyl (C=O) groups excluding carboxylic acids is 2. The van der Waals surface area contributed by atoms with E-state index in [4.69, 9.17) is 16.0 Å². The van der Waals surface area contributed by atoms with E-state index in [0.29, 0.717) is 36.3 Å². The molecule has 1 atom stereocenters. The number of azide groups is 1. The number of ether oxygens (including phenoxy) is 1. The maximum atomic E-state index is 12.6. The lowest BCUT2D eigenvalue weighted by Crippen LogP contribution is -2.28. The van der Waals surface area contributed by atoms with Gasteiger partial charge in [-0.2, -0.15) is 0 Å². The predicted octanol–water partition coefficient (Wildman–Crippen LogP) is 3.87. The molecule has 0 spiro atoms. The number of halogens is 1. The molecule has 0 saturated carbocycles. The Balaban J connectivity index is 0.00000480. The van der Waals surface area contributed by atoms with Crippen LogP contribution in [-0.2, 0) is 9.53 Å². The number of hydrogen-bond acceptors (Lipinski definition) is 6. The van der Waals surface area contributed by atoms with Crippen LogP contribution >= 0.6 is 12.4 Å². The fourth-order valence-corrected chi connectivity index (χ4v) is 2.45. The van der Waals surface area contributed by atoms with Crippen LogP contribution in [0.1, 0.15) is 28.4 Å². The summed E-state index contributed by atoms with van der Waals surface area (Å²) in [5.74, 6) is -0.798. The van der Waals surface area contributed by atoms with Gasteiger partial charge in [0.05, 0.1) is 5.69 Å². The van der Waals surface area contributed by atoms with E-state index in [-0.39, 0.29) is 31.5 Å². The summed E-state index contributed by atoms with van der Waals surface area (Å²) in [6, 6.07) is 15.3. The van der Waals surface area contributed by atoms with E-state index in [1.807, 2.05) is 6.07 Å². The van der Waals surface area contributed by atoms with E-state index in [0.717, 1.165) is 0 Å². The van der Waals surface area contributed by atoms with E-state index in [1.165, 1.54) is 0 Å². The zero-order valence-electron chi connectivity index (χ0n) is 16.8. The molecular formula is C20H24ClN7O3. The predicted molar refractivity (Wildman–Crippen MR) is 118 cm³/mol. The van der Waals surface area contributed by atoms with Crippen LogP contribution in [0.4, 0.5) is 5.69 Å². The Hall–Kier alpha value is -3.30. The van der Waals surface area contributed by atoms with Crippen molar-refractivity contribution < 1.29 is 14.3 Å². The van der Waals surface area contributed by atoms with Crippen molar-refractivity contribution in [2.45, 2.75) is 12.5 Å². The van der Waals surface area contributed by atoms with Crippen LogP contribution in [0.3, 0.4) is 0 Å². The second kappa shape index (κ2) is 14.6. The maximum absolute atomic E-state index is 12.6. The molecule has 1 unspecified atom stereocenters. The third kappa shape index (κ3) is 8.93. The Morgan fingerprint density at radius 2 is 1.84 bits per heavy atom. The molecule has 0 aliphatic carbocycles. The van der Waals surface area contributed by atoms with Gasteiger partial charge in [0, 0.05) is 36.7 Å². The minimum Gasteiger partial charge on any atom is -0.363 e. The summed E-state index contributed by atoms with van der Waals surface area (Å²) in [6.45, 7) is 1.25. The Labute approximate surface area is 185 Å². The summed E-state index contributed by atoms with van der Waals surface area (Å²) in [6.07, 6.45) is -0.437. The second-order valence-electron chi connectivity index (χ2n) is 6.10. The number of nitrogens with one attached hydrogen (secondary N) is 1. The molecule has 2 amide bonds. The van der Waals surface area contributed by atoms with Crippen LogP contribution in [-0.4, -0.2) is 38.1 Å². The molecule has 0 fully saturated rings. The highest BCUT2D eigenvalue weighted by atomic mass is 35.5. The first-order valence-electron chi connectivity index (χ1n) is 9.37. The van der Waals surface area contributed by atoms with Crippen molar-refractivity contribution in [1.82, 2.24) is 5.32 Å². The Bertz CT molecular complexity index is 901. The number of azo groups is 1. The van der Waals surface area contributed by atoms with Crippen LogP contribution in [0, 0.1) is 0 Å². The van der Waals surface area contributed by atoms with Crippen LogP contribution in [0.5, 0.6) is 0 Å². The molecule has 10 nitrogen and oxygen atoms in total. The van der Waals surface area contributed by atoms with Gasteiger partial charge in [0.15, 0.2) is 6.10 Å². The molecule has 3 N–H and O–H groups in total. The quantitative estimate of drug-likeness (QED) is 0.233. The highest BCUT2D eigenvalue weighted by Gasteiger charge is 2.21. The van der Waals surface area contributed by atoms with Crippen molar-refractivity contribution in [2.75, 3.05) is 26.2 Å². The second-order valence-corrected chi connectivity index (χ2v) is 6.10. The summed E-state index contributed by atoms with van der Waals surface area (Å²) in [5.41, 5.74) is 15.2. The van der Waals surface area contributed by atoms with Crippen molar-refractivity contribution in [2.24, 2.45) is 21.1 Å². The molecule has 2 rings (SSSR count). The molecule has 0 aromatic heterocycles. The number of benzene rings is 2. The minimum atomic E-state index is -0.915. The number of amides is 2. The fraction of sp³-hybridized carbons (Fsp3) is 0.300. The van der Waals surface area contributed by atoms with Gasteiger partial charge in [0.1, 0.15) is 0 Å². The average molecular weight is 446 g/mol. The molecule has 0 aliphatic rings. The average Bonchev–Trinajstić information content (AvgIpc) is 2.79. The third-order valence-electron chi connectivity index (χ3n) is 3.90. The van der Waals surface area contributed by atoms with Gasteiger partial charge in [0.2, 0.25) is 0 Å². The standard InChI is InChI=1S/C20H23N7O3.ClH/c21-11-13-23-19(28)16-7-9-17(10-8-16)25-26-20(29)18(15-5-2-1-3-6-15)30-14-4-12-24-27-22;/h1-3,5-10,18H,4,11-14,21H2,(H,23,28);1H. The van der Waals surface area contributed by atoms with Gasteiger partial charge in [-0.05, 0) is 41.8 Å². The summed E-state index contributed by atoms with van der Waals surface area (Å²) in [5, 5.41) is 13.8. The topological polar surface area (TPSA) is 155 Å². The molecule has 2 aromatic carbocycles.